The van der Waals surface area contributed by atoms with E-state index in [1.165, 1.54) is 0 Å². The predicted molar refractivity (Wildman–Crippen MR) is 62.7 cm³/mol. The number of rotatable bonds is 4. The Morgan fingerprint density at radius 3 is 2.00 bits per heavy atom. The van der Waals surface area contributed by atoms with Crippen LogP contribution in [-0.4, -0.2) is 37.6 Å². The van der Waals surface area contributed by atoms with E-state index in [0.717, 1.165) is 19.3 Å². The van der Waals surface area contributed by atoms with Gasteiger partial charge in [0.1, 0.15) is 0 Å². The molecule has 0 heterocycles. The maximum Gasteiger partial charge on any atom is 0.351 e. The zero-order valence-electron chi connectivity index (χ0n) is 11.2. The number of carbonyl (C=O) groups excluding carboxylic acids is 4. The average molecular weight is 272 g/mol. The van der Waals surface area contributed by atoms with Gasteiger partial charge in [0.05, 0.1) is 12.5 Å². The van der Waals surface area contributed by atoms with Crippen LogP contribution >= 0.6 is 0 Å². The molecule has 7 nitrogen and oxygen atoms in total. The molecule has 0 amide bonds. The van der Waals surface area contributed by atoms with Gasteiger partial charge in [-0.3, -0.25) is 4.79 Å². The molecule has 106 valence electrons. The minimum absolute atomic E-state index is 0.716. The SMILES string of the molecule is COC(=O)C=CC(=O)OCC(=O)OC(=O)C(C)(C)C. The van der Waals surface area contributed by atoms with Crippen LogP contribution in [0.4, 0.5) is 0 Å². The van der Waals surface area contributed by atoms with Crippen LogP contribution in [0.15, 0.2) is 12.2 Å². The van der Waals surface area contributed by atoms with E-state index in [4.69, 9.17) is 0 Å². The lowest BCUT2D eigenvalue weighted by atomic mass is 9.97. The van der Waals surface area contributed by atoms with Gasteiger partial charge < -0.3 is 14.2 Å². The first-order chi connectivity index (χ1) is 8.66. The number of ether oxygens (including phenoxy) is 3. The largest absolute Gasteiger partial charge is 0.466 e. The minimum Gasteiger partial charge on any atom is -0.466 e. The smallest absolute Gasteiger partial charge is 0.351 e. The molecule has 0 saturated heterocycles. The van der Waals surface area contributed by atoms with Crippen molar-refractivity contribution >= 4 is 23.9 Å². The molecule has 0 aliphatic rings. The predicted octanol–water partition coefficient (Wildman–Crippen LogP) is 0.375. The summed E-state index contributed by atoms with van der Waals surface area (Å²) in [5.41, 5.74) is -0.829. The van der Waals surface area contributed by atoms with Crippen molar-refractivity contribution in [3.63, 3.8) is 0 Å². The van der Waals surface area contributed by atoms with Gasteiger partial charge in [-0.05, 0) is 20.8 Å². The molecule has 0 N–H and O–H groups in total. The summed E-state index contributed by atoms with van der Waals surface area (Å²) in [7, 11) is 1.15. The Balaban J connectivity index is 4.11. The molecule has 0 spiro atoms. The zero-order valence-corrected chi connectivity index (χ0v) is 11.2. The molecule has 0 unspecified atom stereocenters. The van der Waals surface area contributed by atoms with E-state index in [9.17, 15) is 19.2 Å². The molecule has 0 rings (SSSR count). The molecule has 0 aromatic rings. The van der Waals surface area contributed by atoms with Crippen molar-refractivity contribution in [1.29, 1.82) is 0 Å². The van der Waals surface area contributed by atoms with E-state index < -0.39 is 35.9 Å². The second kappa shape index (κ2) is 7.30. The number of carbonyl (C=O) groups is 4. The van der Waals surface area contributed by atoms with Gasteiger partial charge in [-0.15, -0.1) is 0 Å². The lowest BCUT2D eigenvalue weighted by molar-refractivity contribution is -0.170. The Morgan fingerprint density at radius 1 is 1.00 bits per heavy atom. The Hall–Kier alpha value is -2.18. The molecule has 19 heavy (non-hydrogen) atoms. The van der Waals surface area contributed by atoms with Crippen molar-refractivity contribution in [3.8, 4) is 0 Å². The van der Waals surface area contributed by atoms with Crippen LogP contribution in [0.25, 0.3) is 0 Å². The van der Waals surface area contributed by atoms with E-state index in [-0.39, 0.29) is 0 Å². The van der Waals surface area contributed by atoms with Gasteiger partial charge >= 0.3 is 23.9 Å². The van der Waals surface area contributed by atoms with Crippen molar-refractivity contribution in [1.82, 2.24) is 0 Å². The zero-order chi connectivity index (χ0) is 15.1. The van der Waals surface area contributed by atoms with Crippen LogP contribution in [0, 0.1) is 5.41 Å². The first kappa shape index (κ1) is 16.8. The summed E-state index contributed by atoms with van der Waals surface area (Å²) in [6, 6.07) is 0. The fourth-order valence-electron chi connectivity index (χ4n) is 0.668. The molecule has 0 aliphatic carbocycles. The van der Waals surface area contributed by atoms with Gasteiger partial charge in [-0.1, -0.05) is 0 Å². The molecule has 0 atom stereocenters. The van der Waals surface area contributed by atoms with Crippen LogP contribution < -0.4 is 0 Å². The third-order valence-corrected chi connectivity index (χ3v) is 1.71. The van der Waals surface area contributed by atoms with Crippen LogP contribution in [0.2, 0.25) is 0 Å². The minimum atomic E-state index is -0.986. The van der Waals surface area contributed by atoms with E-state index >= 15 is 0 Å². The Bertz CT molecular complexity index is 401. The molecule has 0 aromatic heterocycles. The van der Waals surface area contributed by atoms with Gasteiger partial charge in [0.2, 0.25) is 0 Å². The third-order valence-electron chi connectivity index (χ3n) is 1.71. The number of hydrogen-bond acceptors (Lipinski definition) is 7. The molecule has 7 heteroatoms. The highest BCUT2D eigenvalue weighted by Gasteiger charge is 2.25. The molecule has 0 bridgehead atoms. The fourth-order valence-corrected chi connectivity index (χ4v) is 0.668. The molecule has 0 aromatic carbocycles. The van der Waals surface area contributed by atoms with Crippen molar-refractivity contribution in [2.45, 2.75) is 20.8 Å². The van der Waals surface area contributed by atoms with E-state index in [1.807, 2.05) is 0 Å². The maximum absolute atomic E-state index is 11.3. The molecule has 0 fully saturated rings. The van der Waals surface area contributed by atoms with Crippen molar-refractivity contribution in [2.24, 2.45) is 5.41 Å². The summed E-state index contributed by atoms with van der Waals surface area (Å²) >= 11 is 0. The van der Waals surface area contributed by atoms with Gasteiger partial charge in [0.25, 0.3) is 0 Å². The van der Waals surface area contributed by atoms with Crippen LogP contribution in [-0.2, 0) is 33.4 Å². The number of esters is 4. The standard InChI is InChI=1S/C12H16O7/c1-12(2,3)11(16)19-10(15)7-18-9(14)6-5-8(13)17-4/h5-6H,7H2,1-4H3. The van der Waals surface area contributed by atoms with Crippen molar-refractivity contribution in [3.05, 3.63) is 12.2 Å². The summed E-state index contributed by atoms with van der Waals surface area (Å²) in [5.74, 6) is -3.37. The van der Waals surface area contributed by atoms with Crippen molar-refractivity contribution < 1.29 is 33.4 Å². The topological polar surface area (TPSA) is 96.0 Å². The highest BCUT2D eigenvalue weighted by atomic mass is 16.6. The van der Waals surface area contributed by atoms with E-state index in [0.29, 0.717) is 0 Å². The summed E-state index contributed by atoms with van der Waals surface area (Å²) in [6.07, 6.45) is 1.64. The van der Waals surface area contributed by atoms with Gasteiger partial charge in [-0.2, -0.15) is 0 Å². The highest BCUT2D eigenvalue weighted by Crippen LogP contribution is 2.14. The normalized spacial score (nSPS) is 10.9. The number of hydrogen-bond donors (Lipinski definition) is 0. The monoisotopic (exact) mass is 272 g/mol. The second-order valence-corrected chi connectivity index (χ2v) is 4.48. The summed E-state index contributed by atoms with van der Waals surface area (Å²) in [6.45, 7) is 4.02. The summed E-state index contributed by atoms with van der Waals surface area (Å²) in [5, 5.41) is 0. The molecule has 0 saturated carbocycles. The molecular formula is C12H16O7. The first-order valence-corrected chi connectivity index (χ1v) is 5.34. The van der Waals surface area contributed by atoms with Crippen LogP contribution in [0.1, 0.15) is 20.8 Å². The van der Waals surface area contributed by atoms with Gasteiger partial charge in [-0.25, -0.2) is 14.4 Å². The average Bonchev–Trinajstić information content (AvgIpc) is 2.32. The van der Waals surface area contributed by atoms with Gasteiger partial charge in [0.15, 0.2) is 6.61 Å². The number of methoxy groups -OCH3 is 1. The van der Waals surface area contributed by atoms with E-state index in [1.54, 1.807) is 20.8 Å². The van der Waals surface area contributed by atoms with Crippen LogP contribution in [0.3, 0.4) is 0 Å². The molecular weight excluding hydrogens is 256 g/mol. The van der Waals surface area contributed by atoms with Gasteiger partial charge in [0, 0.05) is 12.2 Å². The quantitative estimate of drug-likeness (QED) is 0.316. The molecule has 0 radical (unpaired) electrons. The Morgan fingerprint density at radius 2 is 1.53 bits per heavy atom. The van der Waals surface area contributed by atoms with Crippen molar-refractivity contribution in [2.75, 3.05) is 13.7 Å². The van der Waals surface area contributed by atoms with Crippen LogP contribution in [0.5, 0.6) is 0 Å². The summed E-state index contributed by atoms with van der Waals surface area (Å²) in [4.78, 5) is 44.2. The second-order valence-electron chi connectivity index (χ2n) is 4.48. The lowest BCUT2D eigenvalue weighted by Crippen LogP contribution is -2.28. The fraction of sp³-hybridized carbons (Fsp3) is 0.500. The summed E-state index contributed by atoms with van der Waals surface area (Å²) < 4.78 is 13.1. The Kier molecular flexibility index (Phi) is 6.46. The first-order valence-electron chi connectivity index (χ1n) is 5.34. The highest BCUT2D eigenvalue weighted by molar-refractivity contribution is 5.93. The Labute approximate surface area is 110 Å². The third kappa shape index (κ3) is 7.69. The lowest BCUT2D eigenvalue weighted by Gasteiger charge is -2.14. The molecule has 0 aliphatic heterocycles. The maximum atomic E-state index is 11.3. The van der Waals surface area contributed by atoms with E-state index in [2.05, 4.69) is 14.2 Å².